The monoisotopic (exact) mass is 309 g/mol. The molecule has 1 unspecified atom stereocenters. The largest absolute Gasteiger partial charge is 0.435 e. The van der Waals surface area contributed by atoms with Gasteiger partial charge in [0, 0.05) is 0 Å². The Balaban J connectivity index is 2.97. The Morgan fingerprint density at radius 2 is 2.00 bits per heavy atom. The maximum Gasteiger partial charge on any atom is 0.387 e. The maximum absolute atomic E-state index is 13.8. The number of hydrogen-bond acceptors (Lipinski definition) is 2. The number of nitrogens with two attached hydrogens (primary N) is 1. The Hall–Kier alpha value is -1.08. The van der Waals surface area contributed by atoms with Crippen molar-refractivity contribution >= 4 is 11.0 Å². The molecule has 114 valence electrons. The molecule has 0 aliphatic heterocycles. The minimum absolute atomic E-state index is 0.102. The van der Waals surface area contributed by atoms with Crippen LogP contribution in [0, 0.1) is 5.82 Å². The van der Waals surface area contributed by atoms with E-state index in [1.807, 2.05) is 0 Å². The molecule has 20 heavy (non-hydrogen) atoms. The van der Waals surface area contributed by atoms with Gasteiger partial charge in [-0.3, -0.25) is 5.14 Å². The topological polar surface area (TPSA) is 52.3 Å². The summed E-state index contributed by atoms with van der Waals surface area (Å²) in [6.45, 7) is 2.17. The first kappa shape index (κ1) is 17.0. The van der Waals surface area contributed by atoms with Crippen LogP contribution in [0.25, 0.3) is 0 Å². The average molecular weight is 309 g/mol. The molecule has 0 saturated carbocycles. The van der Waals surface area contributed by atoms with Crippen LogP contribution in [-0.2, 0) is 11.0 Å². The van der Waals surface area contributed by atoms with E-state index in [2.05, 4.69) is 4.74 Å². The lowest BCUT2D eigenvalue weighted by molar-refractivity contribution is -0.0499. The Morgan fingerprint density at radius 3 is 2.50 bits per heavy atom. The number of alkyl halides is 2. The van der Waals surface area contributed by atoms with Crippen molar-refractivity contribution in [1.82, 2.24) is 0 Å². The van der Waals surface area contributed by atoms with Crippen molar-refractivity contribution in [3.05, 3.63) is 29.6 Å². The fourth-order valence-corrected chi connectivity index (χ4v) is 2.42. The van der Waals surface area contributed by atoms with Crippen molar-refractivity contribution in [3.63, 3.8) is 0 Å². The smallest absolute Gasteiger partial charge is 0.387 e. The standard InChI is InChI=1S/C13H18F3NO2S/c1-8(7-13(2,3)20(17)18)10-6-9(19-12(15)16)4-5-11(10)14/h4-6,8,12H,7,17H2,1-3H3/t8-,20?/m0/s1. The lowest BCUT2D eigenvalue weighted by Gasteiger charge is -2.25. The summed E-state index contributed by atoms with van der Waals surface area (Å²) < 4.78 is 53.1. The van der Waals surface area contributed by atoms with Crippen LogP contribution in [0.5, 0.6) is 5.75 Å². The van der Waals surface area contributed by atoms with Crippen LogP contribution in [0.15, 0.2) is 18.2 Å². The number of ether oxygens (including phenoxy) is 1. The van der Waals surface area contributed by atoms with Gasteiger partial charge >= 0.3 is 6.61 Å². The molecule has 2 atom stereocenters. The predicted molar refractivity (Wildman–Crippen MR) is 72.5 cm³/mol. The summed E-state index contributed by atoms with van der Waals surface area (Å²) >= 11 is 0. The van der Waals surface area contributed by atoms with Gasteiger partial charge in [-0.1, -0.05) is 6.92 Å². The molecular weight excluding hydrogens is 291 g/mol. The van der Waals surface area contributed by atoms with Crippen molar-refractivity contribution < 1.29 is 22.1 Å². The second-order valence-electron chi connectivity index (χ2n) is 5.22. The fraction of sp³-hybridized carbons (Fsp3) is 0.538. The first-order chi connectivity index (χ1) is 9.13. The van der Waals surface area contributed by atoms with E-state index in [4.69, 9.17) is 5.14 Å². The molecule has 0 spiro atoms. The highest BCUT2D eigenvalue weighted by Crippen LogP contribution is 2.32. The van der Waals surface area contributed by atoms with Gasteiger partial charge in [0.25, 0.3) is 0 Å². The van der Waals surface area contributed by atoms with Gasteiger partial charge < -0.3 is 4.74 Å². The van der Waals surface area contributed by atoms with Gasteiger partial charge in [0.2, 0.25) is 0 Å². The Bertz CT molecular complexity index is 495. The molecule has 0 amide bonds. The number of benzene rings is 1. The molecule has 0 saturated heterocycles. The molecule has 0 aliphatic carbocycles. The normalized spacial score (nSPS) is 15.2. The molecule has 0 fully saturated rings. The molecule has 1 aromatic carbocycles. The third-order valence-corrected chi connectivity index (χ3v) is 4.32. The molecule has 1 aromatic rings. The molecule has 7 heteroatoms. The SMILES string of the molecule is C[C@@H](CC(C)(C)S(N)=O)c1cc(OC(F)F)ccc1F. The van der Waals surface area contributed by atoms with Gasteiger partial charge in [-0.2, -0.15) is 8.78 Å². The van der Waals surface area contributed by atoms with E-state index in [0.717, 1.165) is 12.1 Å². The number of hydrogen-bond donors (Lipinski definition) is 1. The summed E-state index contributed by atoms with van der Waals surface area (Å²) in [4.78, 5) is 0. The zero-order valence-electron chi connectivity index (χ0n) is 11.5. The first-order valence-electron chi connectivity index (χ1n) is 6.04. The molecular formula is C13H18F3NO2S. The van der Waals surface area contributed by atoms with E-state index in [9.17, 15) is 17.4 Å². The lowest BCUT2D eigenvalue weighted by atomic mass is 9.91. The van der Waals surface area contributed by atoms with Gasteiger partial charge in [-0.15, -0.1) is 0 Å². The Morgan fingerprint density at radius 1 is 1.40 bits per heavy atom. The molecule has 1 rings (SSSR count). The van der Waals surface area contributed by atoms with Gasteiger partial charge in [0.1, 0.15) is 11.6 Å². The predicted octanol–water partition coefficient (Wildman–Crippen LogP) is 3.32. The first-order valence-corrected chi connectivity index (χ1v) is 7.25. The summed E-state index contributed by atoms with van der Waals surface area (Å²) in [5.41, 5.74) is 0.238. The van der Waals surface area contributed by atoms with Crippen LogP contribution in [0.2, 0.25) is 0 Å². The molecule has 0 heterocycles. The van der Waals surface area contributed by atoms with Crippen molar-refractivity contribution in [2.75, 3.05) is 0 Å². The second-order valence-corrected chi connectivity index (χ2v) is 6.92. The van der Waals surface area contributed by atoms with E-state index in [0.29, 0.717) is 6.42 Å². The van der Waals surface area contributed by atoms with Crippen LogP contribution in [0.3, 0.4) is 0 Å². The van der Waals surface area contributed by atoms with Crippen LogP contribution in [-0.4, -0.2) is 15.6 Å². The zero-order valence-corrected chi connectivity index (χ0v) is 12.3. The van der Waals surface area contributed by atoms with Crippen LogP contribution in [0.1, 0.15) is 38.7 Å². The summed E-state index contributed by atoms with van der Waals surface area (Å²) in [7, 11) is -1.57. The van der Waals surface area contributed by atoms with Crippen LogP contribution < -0.4 is 9.88 Å². The van der Waals surface area contributed by atoms with Crippen molar-refractivity contribution in [2.45, 2.75) is 44.5 Å². The van der Waals surface area contributed by atoms with E-state index in [-0.39, 0.29) is 17.2 Å². The van der Waals surface area contributed by atoms with Gasteiger partial charge in [-0.05, 0) is 49.9 Å². The quantitative estimate of drug-likeness (QED) is 0.876. The Kier molecular flexibility index (Phi) is 5.59. The maximum atomic E-state index is 13.8. The van der Waals surface area contributed by atoms with E-state index < -0.39 is 28.2 Å². The molecule has 0 aliphatic rings. The minimum atomic E-state index is -2.96. The highest BCUT2D eigenvalue weighted by molar-refractivity contribution is 7.84. The molecule has 0 aromatic heterocycles. The molecule has 0 radical (unpaired) electrons. The highest BCUT2D eigenvalue weighted by Gasteiger charge is 2.28. The lowest BCUT2D eigenvalue weighted by Crippen LogP contribution is -2.33. The van der Waals surface area contributed by atoms with E-state index in [1.165, 1.54) is 6.07 Å². The summed E-state index contributed by atoms with van der Waals surface area (Å²) in [6.07, 6.45) is 0.352. The summed E-state index contributed by atoms with van der Waals surface area (Å²) in [6, 6.07) is 3.46. The van der Waals surface area contributed by atoms with Gasteiger partial charge in [-0.25, -0.2) is 8.60 Å². The number of rotatable bonds is 6. The van der Waals surface area contributed by atoms with Crippen molar-refractivity contribution in [3.8, 4) is 5.75 Å². The zero-order chi connectivity index (χ0) is 15.5. The third-order valence-electron chi connectivity index (χ3n) is 3.07. The molecule has 0 bridgehead atoms. The van der Waals surface area contributed by atoms with Crippen molar-refractivity contribution in [2.24, 2.45) is 5.14 Å². The van der Waals surface area contributed by atoms with Gasteiger partial charge in [0.05, 0.1) is 15.7 Å². The number of halogens is 3. The van der Waals surface area contributed by atoms with Crippen LogP contribution >= 0.6 is 0 Å². The fourth-order valence-electron chi connectivity index (χ4n) is 2.01. The minimum Gasteiger partial charge on any atom is -0.435 e. The molecule has 2 N–H and O–H groups in total. The van der Waals surface area contributed by atoms with E-state index in [1.54, 1.807) is 20.8 Å². The van der Waals surface area contributed by atoms with E-state index >= 15 is 0 Å². The van der Waals surface area contributed by atoms with Crippen molar-refractivity contribution in [1.29, 1.82) is 0 Å². The highest BCUT2D eigenvalue weighted by atomic mass is 32.2. The summed E-state index contributed by atoms with van der Waals surface area (Å²) in [5, 5.41) is 5.39. The Labute approximate surface area is 118 Å². The third kappa shape index (κ3) is 4.49. The van der Waals surface area contributed by atoms with Crippen LogP contribution in [0.4, 0.5) is 13.2 Å². The van der Waals surface area contributed by atoms with Gasteiger partial charge in [0.15, 0.2) is 0 Å². The second kappa shape index (κ2) is 6.58. The summed E-state index contributed by atoms with van der Waals surface area (Å²) in [5.74, 6) is -0.952. The molecule has 3 nitrogen and oxygen atoms in total. The average Bonchev–Trinajstić information content (AvgIpc) is 2.30.